The Morgan fingerprint density at radius 3 is 2.48 bits per heavy atom. The Labute approximate surface area is 179 Å². The van der Waals surface area contributed by atoms with Crippen LogP contribution < -0.4 is 5.32 Å². The fourth-order valence-corrected chi connectivity index (χ4v) is 4.28. The summed E-state index contributed by atoms with van der Waals surface area (Å²) in [6, 6.07) is 13.3. The number of hydrogen-bond acceptors (Lipinski definition) is 4. The SMILES string of the molecule is CC(=O)Nc1ccc(F)cc1C(=O)N1CCC(N2C(=O)OCC2c2ccccc2)CC1. The maximum Gasteiger partial charge on any atom is 0.410 e. The van der Waals surface area contributed by atoms with Gasteiger partial charge in [0.1, 0.15) is 12.4 Å². The summed E-state index contributed by atoms with van der Waals surface area (Å²) in [5.41, 5.74) is 1.43. The first kappa shape index (κ1) is 20.8. The minimum atomic E-state index is -0.544. The largest absolute Gasteiger partial charge is 0.447 e. The fraction of sp³-hybridized carbons (Fsp3) is 0.348. The van der Waals surface area contributed by atoms with Crippen LogP contribution in [0.5, 0.6) is 0 Å². The van der Waals surface area contributed by atoms with Crippen LogP contribution in [0.4, 0.5) is 14.9 Å². The smallest absolute Gasteiger partial charge is 0.410 e. The highest BCUT2D eigenvalue weighted by Crippen LogP contribution is 2.33. The van der Waals surface area contributed by atoms with Gasteiger partial charge >= 0.3 is 6.09 Å². The van der Waals surface area contributed by atoms with Gasteiger partial charge in [0.2, 0.25) is 5.91 Å². The molecule has 31 heavy (non-hydrogen) atoms. The van der Waals surface area contributed by atoms with Crippen molar-refractivity contribution in [3.05, 3.63) is 65.5 Å². The summed E-state index contributed by atoms with van der Waals surface area (Å²) in [5.74, 6) is -1.22. The summed E-state index contributed by atoms with van der Waals surface area (Å²) in [6.45, 7) is 2.49. The summed E-state index contributed by atoms with van der Waals surface area (Å²) >= 11 is 0. The second-order valence-electron chi connectivity index (χ2n) is 7.81. The van der Waals surface area contributed by atoms with Gasteiger partial charge in [-0.3, -0.25) is 14.5 Å². The van der Waals surface area contributed by atoms with Crippen molar-refractivity contribution in [3.63, 3.8) is 0 Å². The van der Waals surface area contributed by atoms with E-state index in [9.17, 15) is 18.8 Å². The maximum absolute atomic E-state index is 13.8. The summed E-state index contributed by atoms with van der Waals surface area (Å²) in [7, 11) is 0. The minimum absolute atomic E-state index is 0.0495. The molecule has 2 saturated heterocycles. The fourth-order valence-electron chi connectivity index (χ4n) is 4.28. The van der Waals surface area contributed by atoms with Gasteiger partial charge in [0.05, 0.1) is 17.3 Å². The number of carbonyl (C=O) groups is 3. The van der Waals surface area contributed by atoms with Crippen LogP contribution in [0.1, 0.15) is 41.7 Å². The zero-order chi connectivity index (χ0) is 22.0. The van der Waals surface area contributed by atoms with Gasteiger partial charge in [0.25, 0.3) is 5.91 Å². The van der Waals surface area contributed by atoms with Crippen molar-refractivity contribution in [3.8, 4) is 0 Å². The van der Waals surface area contributed by atoms with Crippen LogP contribution in [0, 0.1) is 5.82 Å². The minimum Gasteiger partial charge on any atom is -0.447 e. The molecule has 3 amide bonds. The molecule has 162 valence electrons. The van der Waals surface area contributed by atoms with E-state index in [2.05, 4.69) is 5.32 Å². The summed E-state index contributed by atoms with van der Waals surface area (Å²) in [6.07, 6.45) is 0.848. The Kier molecular flexibility index (Phi) is 5.88. The van der Waals surface area contributed by atoms with Crippen molar-refractivity contribution in [1.29, 1.82) is 0 Å². The maximum atomic E-state index is 13.8. The molecular formula is C23H24FN3O4. The van der Waals surface area contributed by atoms with E-state index in [0.717, 1.165) is 11.6 Å². The first-order valence-corrected chi connectivity index (χ1v) is 10.3. The molecule has 1 N–H and O–H groups in total. The molecule has 2 aromatic carbocycles. The van der Waals surface area contributed by atoms with Crippen molar-refractivity contribution in [1.82, 2.24) is 9.80 Å². The average molecular weight is 425 g/mol. The number of rotatable bonds is 4. The van der Waals surface area contributed by atoms with E-state index in [1.165, 1.54) is 19.1 Å². The molecule has 0 bridgehead atoms. The standard InChI is InChI=1S/C23H24FN3O4/c1-15(28)25-20-8-7-17(24)13-19(20)22(29)26-11-9-18(10-12-26)27-21(14-31-23(27)30)16-5-3-2-4-6-16/h2-8,13,18,21H,9-12,14H2,1H3,(H,25,28). The number of nitrogens with zero attached hydrogens (tertiary/aromatic N) is 2. The third kappa shape index (κ3) is 4.38. The second-order valence-corrected chi connectivity index (χ2v) is 7.81. The van der Waals surface area contributed by atoms with E-state index in [1.807, 2.05) is 30.3 Å². The number of anilines is 1. The number of piperidine rings is 1. The zero-order valence-corrected chi connectivity index (χ0v) is 17.2. The predicted molar refractivity (Wildman–Crippen MR) is 112 cm³/mol. The predicted octanol–water partition coefficient (Wildman–Crippen LogP) is 3.58. The molecule has 0 radical (unpaired) electrons. The molecule has 0 aromatic heterocycles. The molecule has 0 saturated carbocycles. The molecular weight excluding hydrogens is 401 g/mol. The second kappa shape index (κ2) is 8.75. The molecule has 0 aliphatic carbocycles. The number of hydrogen-bond donors (Lipinski definition) is 1. The molecule has 1 atom stereocenters. The molecule has 2 aliphatic rings. The van der Waals surface area contributed by atoms with Crippen LogP contribution in [0.2, 0.25) is 0 Å². The quantitative estimate of drug-likeness (QED) is 0.812. The van der Waals surface area contributed by atoms with Crippen molar-refractivity contribution in [2.45, 2.75) is 31.8 Å². The topological polar surface area (TPSA) is 79.0 Å². The molecule has 2 heterocycles. The molecule has 4 rings (SSSR count). The van der Waals surface area contributed by atoms with Gasteiger partial charge in [-0.05, 0) is 36.6 Å². The van der Waals surface area contributed by atoms with E-state index in [-0.39, 0.29) is 41.2 Å². The Balaban J connectivity index is 1.46. The molecule has 2 fully saturated rings. The van der Waals surface area contributed by atoms with E-state index in [4.69, 9.17) is 4.74 Å². The van der Waals surface area contributed by atoms with Crippen LogP contribution in [-0.2, 0) is 9.53 Å². The number of ether oxygens (including phenoxy) is 1. The third-order valence-corrected chi connectivity index (χ3v) is 5.76. The van der Waals surface area contributed by atoms with Crippen molar-refractivity contribution >= 4 is 23.6 Å². The van der Waals surface area contributed by atoms with Gasteiger partial charge in [0, 0.05) is 26.1 Å². The lowest BCUT2D eigenvalue weighted by Gasteiger charge is -2.38. The number of carbonyl (C=O) groups excluding carboxylic acids is 3. The number of amides is 3. The first-order valence-electron chi connectivity index (χ1n) is 10.3. The Morgan fingerprint density at radius 1 is 1.10 bits per heavy atom. The summed E-state index contributed by atoms with van der Waals surface area (Å²) in [5, 5.41) is 2.58. The van der Waals surface area contributed by atoms with Crippen LogP contribution in [0.25, 0.3) is 0 Å². The number of nitrogens with one attached hydrogen (secondary N) is 1. The highest BCUT2D eigenvalue weighted by molar-refractivity contribution is 6.03. The van der Waals surface area contributed by atoms with Gasteiger partial charge < -0.3 is 15.0 Å². The lowest BCUT2D eigenvalue weighted by atomic mass is 9.98. The van der Waals surface area contributed by atoms with Gasteiger partial charge in [-0.25, -0.2) is 9.18 Å². The van der Waals surface area contributed by atoms with Gasteiger partial charge in [0.15, 0.2) is 0 Å². The van der Waals surface area contributed by atoms with Gasteiger partial charge in [-0.1, -0.05) is 30.3 Å². The highest BCUT2D eigenvalue weighted by atomic mass is 19.1. The average Bonchev–Trinajstić information content (AvgIpc) is 3.16. The monoisotopic (exact) mass is 425 g/mol. The normalized spacial score (nSPS) is 19.3. The third-order valence-electron chi connectivity index (χ3n) is 5.76. The molecule has 8 heteroatoms. The van der Waals surface area contributed by atoms with Crippen LogP contribution in [-0.4, -0.2) is 53.4 Å². The molecule has 7 nitrogen and oxygen atoms in total. The Bertz CT molecular complexity index is 990. The lowest BCUT2D eigenvalue weighted by molar-refractivity contribution is -0.114. The Hall–Kier alpha value is -3.42. The van der Waals surface area contributed by atoms with Crippen molar-refractivity contribution < 1.29 is 23.5 Å². The number of benzene rings is 2. The number of cyclic esters (lactones) is 1. The van der Waals surface area contributed by atoms with Crippen LogP contribution in [0.3, 0.4) is 0 Å². The van der Waals surface area contributed by atoms with E-state index in [1.54, 1.807) is 9.80 Å². The van der Waals surface area contributed by atoms with Crippen molar-refractivity contribution in [2.24, 2.45) is 0 Å². The first-order chi connectivity index (χ1) is 14.9. The van der Waals surface area contributed by atoms with Crippen LogP contribution in [0.15, 0.2) is 48.5 Å². The highest BCUT2D eigenvalue weighted by Gasteiger charge is 2.40. The Morgan fingerprint density at radius 2 is 1.81 bits per heavy atom. The summed E-state index contributed by atoms with van der Waals surface area (Å²) < 4.78 is 19.1. The molecule has 1 unspecified atom stereocenters. The van der Waals surface area contributed by atoms with Crippen LogP contribution >= 0.6 is 0 Å². The molecule has 2 aliphatic heterocycles. The number of likely N-dealkylation sites (tertiary alicyclic amines) is 1. The van der Waals surface area contributed by atoms with E-state index < -0.39 is 5.82 Å². The van der Waals surface area contributed by atoms with Gasteiger partial charge in [-0.15, -0.1) is 0 Å². The summed E-state index contributed by atoms with van der Waals surface area (Å²) in [4.78, 5) is 40.3. The van der Waals surface area contributed by atoms with E-state index in [0.29, 0.717) is 32.5 Å². The van der Waals surface area contributed by atoms with Crippen molar-refractivity contribution in [2.75, 3.05) is 25.0 Å². The molecule has 0 spiro atoms. The van der Waals surface area contributed by atoms with Gasteiger partial charge in [-0.2, -0.15) is 0 Å². The zero-order valence-electron chi connectivity index (χ0n) is 17.2. The lowest BCUT2D eigenvalue weighted by Crippen LogP contribution is -2.47. The molecule has 2 aromatic rings. The number of halogens is 1. The van der Waals surface area contributed by atoms with E-state index >= 15 is 0 Å².